The highest BCUT2D eigenvalue weighted by atomic mass is 16.5. The summed E-state index contributed by atoms with van der Waals surface area (Å²) in [5.41, 5.74) is 3.60. The second kappa shape index (κ2) is 8.00. The van der Waals surface area contributed by atoms with E-state index in [2.05, 4.69) is 31.8 Å². The maximum atomic E-state index is 4.46. The standard InChI is InChI=1S/C5H7N.C4H6N2.C4H5NO/c1-5-2-3-6-4-5;2*1-4-2-5-6-3-4/h2-3H,4H2,1H3;2-3H,1H3,(H,5,6);2-3H,1H3. The van der Waals surface area contributed by atoms with Crippen LogP contribution in [0.2, 0.25) is 0 Å². The number of aliphatic imine (C=N–C) groups is 1. The van der Waals surface area contributed by atoms with Crippen molar-refractivity contribution in [1.82, 2.24) is 15.4 Å². The molecule has 2 aromatic heterocycles. The fourth-order valence-corrected chi connectivity index (χ4v) is 1.00. The van der Waals surface area contributed by atoms with Gasteiger partial charge in [-0.05, 0) is 32.4 Å². The monoisotopic (exact) mass is 246 g/mol. The minimum absolute atomic E-state index is 0.917. The quantitative estimate of drug-likeness (QED) is 0.777. The number of nitrogens with zero attached hydrogens (tertiary/aromatic N) is 3. The first-order valence-electron chi connectivity index (χ1n) is 5.65. The van der Waals surface area contributed by atoms with E-state index in [-0.39, 0.29) is 0 Å². The summed E-state index contributed by atoms with van der Waals surface area (Å²) in [6.45, 7) is 6.91. The van der Waals surface area contributed by atoms with Crippen molar-refractivity contribution in [3.63, 3.8) is 0 Å². The second-order valence-corrected chi connectivity index (χ2v) is 3.98. The van der Waals surface area contributed by atoms with E-state index in [1.54, 1.807) is 18.7 Å². The van der Waals surface area contributed by atoms with Gasteiger partial charge in [0.25, 0.3) is 0 Å². The zero-order valence-electron chi connectivity index (χ0n) is 10.9. The number of hydrogen-bond acceptors (Lipinski definition) is 4. The molecule has 5 heteroatoms. The van der Waals surface area contributed by atoms with Gasteiger partial charge in [-0.25, -0.2) is 0 Å². The largest absolute Gasteiger partial charge is 0.365 e. The Bertz CT molecular complexity index is 437. The highest BCUT2D eigenvalue weighted by Gasteiger charge is 1.87. The third kappa shape index (κ3) is 6.42. The van der Waals surface area contributed by atoms with Crippen LogP contribution in [0.3, 0.4) is 0 Å². The fraction of sp³-hybridized carbons (Fsp3) is 0.308. The van der Waals surface area contributed by atoms with Crippen molar-refractivity contribution in [2.45, 2.75) is 20.8 Å². The summed E-state index contributed by atoms with van der Waals surface area (Å²) in [4.78, 5) is 3.95. The van der Waals surface area contributed by atoms with E-state index < -0.39 is 0 Å². The Morgan fingerprint density at radius 2 is 2.00 bits per heavy atom. The smallest absolute Gasteiger partial charge is 0.126 e. The molecular weight excluding hydrogens is 228 g/mol. The Hall–Kier alpha value is -2.17. The van der Waals surface area contributed by atoms with Crippen LogP contribution in [-0.4, -0.2) is 28.1 Å². The molecule has 0 fully saturated rings. The maximum absolute atomic E-state index is 4.46. The third-order valence-corrected chi connectivity index (χ3v) is 2.00. The number of H-pyrrole nitrogens is 1. The van der Waals surface area contributed by atoms with Gasteiger partial charge in [-0.2, -0.15) is 5.10 Å². The van der Waals surface area contributed by atoms with Crippen LogP contribution in [0.1, 0.15) is 18.1 Å². The lowest BCUT2D eigenvalue weighted by atomic mass is 10.3. The van der Waals surface area contributed by atoms with Crippen LogP contribution in [0, 0.1) is 13.8 Å². The SMILES string of the molecule is CC1=CC=NC1.Cc1cn[nH]c1.Cc1cnoc1. The average molecular weight is 246 g/mol. The lowest BCUT2D eigenvalue weighted by molar-refractivity contribution is 0.419. The molecule has 0 radical (unpaired) electrons. The van der Waals surface area contributed by atoms with Gasteiger partial charge in [-0.3, -0.25) is 10.1 Å². The molecule has 0 bridgehead atoms. The van der Waals surface area contributed by atoms with Crippen LogP contribution in [0.25, 0.3) is 0 Å². The number of aromatic nitrogens is 3. The molecule has 0 atom stereocenters. The number of aryl methyl sites for hydroxylation is 2. The lowest BCUT2D eigenvalue weighted by Gasteiger charge is -1.77. The molecular formula is C13H18N4O. The summed E-state index contributed by atoms with van der Waals surface area (Å²) in [5, 5.41) is 9.82. The van der Waals surface area contributed by atoms with Crippen molar-refractivity contribution in [3.8, 4) is 0 Å². The molecule has 0 aromatic carbocycles. The molecule has 0 unspecified atom stereocenters. The Balaban J connectivity index is 0.000000135. The first-order valence-corrected chi connectivity index (χ1v) is 5.65. The summed E-state index contributed by atoms with van der Waals surface area (Å²) in [7, 11) is 0. The van der Waals surface area contributed by atoms with Gasteiger partial charge in [0.05, 0.1) is 18.9 Å². The van der Waals surface area contributed by atoms with Crippen LogP contribution in [0.5, 0.6) is 0 Å². The molecule has 5 nitrogen and oxygen atoms in total. The molecule has 1 aliphatic heterocycles. The fourth-order valence-electron chi connectivity index (χ4n) is 1.00. The van der Waals surface area contributed by atoms with E-state index in [0.717, 1.165) is 12.1 Å². The molecule has 0 saturated heterocycles. The molecule has 3 heterocycles. The van der Waals surface area contributed by atoms with E-state index in [1.165, 1.54) is 11.1 Å². The molecule has 0 aliphatic carbocycles. The van der Waals surface area contributed by atoms with Crippen molar-refractivity contribution in [2.24, 2.45) is 4.99 Å². The van der Waals surface area contributed by atoms with Gasteiger partial charge in [0.15, 0.2) is 0 Å². The number of nitrogens with one attached hydrogen (secondary N) is 1. The predicted octanol–water partition coefficient (Wildman–Crippen LogP) is 2.72. The summed E-state index contributed by atoms with van der Waals surface area (Å²) in [5.74, 6) is 0. The first kappa shape index (κ1) is 13.9. The topological polar surface area (TPSA) is 67.1 Å². The Labute approximate surface area is 107 Å². The Morgan fingerprint density at radius 1 is 1.17 bits per heavy atom. The lowest BCUT2D eigenvalue weighted by Crippen LogP contribution is -1.70. The summed E-state index contributed by atoms with van der Waals surface area (Å²) in [6, 6.07) is 0. The second-order valence-electron chi connectivity index (χ2n) is 3.98. The normalized spacial score (nSPS) is 12.1. The highest BCUT2D eigenvalue weighted by Crippen LogP contribution is 1.95. The summed E-state index contributed by atoms with van der Waals surface area (Å²) < 4.78 is 4.46. The highest BCUT2D eigenvalue weighted by molar-refractivity contribution is 5.74. The molecule has 18 heavy (non-hydrogen) atoms. The number of rotatable bonds is 0. The zero-order valence-corrected chi connectivity index (χ0v) is 10.9. The molecule has 96 valence electrons. The van der Waals surface area contributed by atoms with Crippen molar-refractivity contribution < 1.29 is 4.52 Å². The molecule has 0 spiro atoms. The van der Waals surface area contributed by atoms with Gasteiger partial charge in [-0.15, -0.1) is 0 Å². The molecule has 0 amide bonds. The van der Waals surface area contributed by atoms with Crippen molar-refractivity contribution in [2.75, 3.05) is 6.54 Å². The van der Waals surface area contributed by atoms with E-state index in [4.69, 9.17) is 0 Å². The number of allylic oxidation sites excluding steroid dienone is 1. The molecule has 2 aromatic rings. The van der Waals surface area contributed by atoms with Gasteiger partial charge < -0.3 is 4.52 Å². The van der Waals surface area contributed by atoms with Crippen molar-refractivity contribution >= 4 is 6.21 Å². The van der Waals surface area contributed by atoms with Crippen molar-refractivity contribution in [3.05, 3.63) is 47.6 Å². The van der Waals surface area contributed by atoms with E-state index in [9.17, 15) is 0 Å². The average Bonchev–Trinajstić information content (AvgIpc) is 3.05. The molecule has 3 rings (SSSR count). The summed E-state index contributed by atoms with van der Waals surface area (Å²) >= 11 is 0. The zero-order chi connectivity index (χ0) is 13.2. The number of hydrogen-bond donors (Lipinski definition) is 1. The number of aromatic amines is 1. The predicted molar refractivity (Wildman–Crippen MR) is 71.7 cm³/mol. The van der Waals surface area contributed by atoms with E-state index >= 15 is 0 Å². The van der Waals surface area contributed by atoms with Crippen LogP contribution in [-0.2, 0) is 0 Å². The van der Waals surface area contributed by atoms with Crippen LogP contribution in [0.4, 0.5) is 0 Å². The molecule has 0 saturated carbocycles. The minimum Gasteiger partial charge on any atom is -0.365 e. The molecule has 1 N–H and O–H groups in total. The first-order chi connectivity index (χ1) is 8.68. The van der Waals surface area contributed by atoms with Gasteiger partial charge in [0.2, 0.25) is 0 Å². The van der Waals surface area contributed by atoms with Gasteiger partial charge in [-0.1, -0.05) is 10.7 Å². The Morgan fingerprint density at radius 3 is 2.17 bits per heavy atom. The Kier molecular flexibility index (Phi) is 6.17. The van der Waals surface area contributed by atoms with Crippen LogP contribution in [0.15, 0.2) is 46.0 Å². The minimum atomic E-state index is 0.917. The van der Waals surface area contributed by atoms with E-state index in [1.807, 2.05) is 32.3 Å². The molecule has 1 aliphatic rings. The van der Waals surface area contributed by atoms with Crippen LogP contribution < -0.4 is 0 Å². The van der Waals surface area contributed by atoms with E-state index in [0.29, 0.717) is 0 Å². The summed E-state index contributed by atoms with van der Waals surface area (Å²) in [6.07, 6.45) is 10.8. The van der Waals surface area contributed by atoms with Crippen LogP contribution >= 0.6 is 0 Å². The van der Waals surface area contributed by atoms with Gasteiger partial charge >= 0.3 is 0 Å². The maximum Gasteiger partial charge on any atom is 0.126 e. The van der Waals surface area contributed by atoms with Gasteiger partial charge in [0.1, 0.15) is 6.26 Å². The van der Waals surface area contributed by atoms with Gasteiger partial charge in [0, 0.05) is 18.0 Å². The third-order valence-electron chi connectivity index (χ3n) is 2.00. The van der Waals surface area contributed by atoms with Crippen molar-refractivity contribution in [1.29, 1.82) is 0 Å².